The summed E-state index contributed by atoms with van der Waals surface area (Å²) in [5, 5.41) is 10.0. The summed E-state index contributed by atoms with van der Waals surface area (Å²) in [7, 11) is 1.41. The topological polar surface area (TPSA) is 46.5 Å². The Morgan fingerprint density at radius 3 is 1.83 bits per heavy atom. The molecule has 1 rings (SSSR count). The molecule has 0 amide bonds. The smallest absolute Gasteiger partial charge is 0.318 e. The number of hydrogen-bond acceptors (Lipinski definition) is 4. The van der Waals surface area contributed by atoms with E-state index in [4.69, 9.17) is 0 Å². The maximum atomic E-state index is 11.0. The van der Waals surface area contributed by atoms with Gasteiger partial charge in [0.1, 0.15) is 5.75 Å². The van der Waals surface area contributed by atoms with E-state index < -0.39 is 0 Å². The van der Waals surface area contributed by atoms with Gasteiger partial charge in [0.25, 0.3) is 0 Å². The van der Waals surface area contributed by atoms with E-state index in [1.54, 1.807) is 0 Å². The third kappa shape index (κ3) is 11.0. The molecular weight excluding hydrogens is 380 g/mol. The second-order valence-corrected chi connectivity index (χ2v) is 10.4. The van der Waals surface area contributed by atoms with Crippen LogP contribution < -0.4 is 0 Å². The number of carbonyl (C=O) groups excluding carboxylic acids is 1. The van der Waals surface area contributed by atoms with Crippen LogP contribution in [-0.4, -0.2) is 23.4 Å². The number of phenols is 1. The highest BCUT2D eigenvalue weighted by atomic mass is 32.1. The lowest BCUT2D eigenvalue weighted by atomic mass is 9.80. The van der Waals surface area contributed by atoms with E-state index in [1.807, 2.05) is 18.2 Å². The van der Waals surface area contributed by atoms with Gasteiger partial charge in [0.05, 0.1) is 12.4 Å². The standard InChI is InChI=1S/C14H22O.C11H22O2S/c1-13(2,3)10-8-7-9-11(12(10)15)14(4,5)6;1-3-4-5-6-7-8-9-10(14)11(12)13-2/h7-9,15H,1-6H3;10,14H,3-9H2,1-2H3. The molecule has 168 valence electrons. The van der Waals surface area contributed by atoms with Crippen LogP contribution in [-0.2, 0) is 20.4 Å². The van der Waals surface area contributed by atoms with Crippen LogP contribution in [0.5, 0.6) is 5.75 Å². The van der Waals surface area contributed by atoms with Crippen LogP contribution in [0.3, 0.4) is 0 Å². The van der Waals surface area contributed by atoms with Gasteiger partial charge in [0, 0.05) is 0 Å². The van der Waals surface area contributed by atoms with Crippen molar-refractivity contribution in [2.24, 2.45) is 0 Å². The summed E-state index contributed by atoms with van der Waals surface area (Å²) >= 11 is 4.17. The van der Waals surface area contributed by atoms with Gasteiger partial charge in [-0.15, -0.1) is 0 Å². The zero-order valence-corrected chi connectivity index (χ0v) is 20.9. The Morgan fingerprint density at radius 2 is 1.41 bits per heavy atom. The number of benzene rings is 1. The van der Waals surface area contributed by atoms with E-state index in [-0.39, 0.29) is 22.0 Å². The molecule has 3 nitrogen and oxygen atoms in total. The zero-order chi connectivity index (χ0) is 22.7. The third-order valence-corrected chi connectivity index (χ3v) is 5.43. The first-order chi connectivity index (χ1) is 13.4. The minimum Gasteiger partial charge on any atom is -0.507 e. The molecule has 0 spiro atoms. The van der Waals surface area contributed by atoms with Crippen LogP contribution in [0.4, 0.5) is 0 Å². The highest BCUT2D eigenvalue weighted by Gasteiger charge is 2.24. The van der Waals surface area contributed by atoms with Crippen molar-refractivity contribution in [2.75, 3.05) is 7.11 Å². The molecule has 0 saturated carbocycles. The Kier molecular flexibility index (Phi) is 12.7. The summed E-state index contributed by atoms with van der Waals surface area (Å²) in [6, 6.07) is 6.04. The van der Waals surface area contributed by atoms with Crippen molar-refractivity contribution >= 4 is 18.6 Å². The monoisotopic (exact) mass is 424 g/mol. The van der Waals surface area contributed by atoms with Crippen LogP contribution in [0, 0.1) is 0 Å². The average Bonchev–Trinajstić information content (AvgIpc) is 2.62. The van der Waals surface area contributed by atoms with Crippen LogP contribution in [0.15, 0.2) is 18.2 Å². The van der Waals surface area contributed by atoms with Crippen LogP contribution in [0.25, 0.3) is 0 Å². The highest BCUT2D eigenvalue weighted by molar-refractivity contribution is 7.81. The number of aromatic hydroxyl groups is 1. The van der Waals surface area contributed by atoms with Gasteiger partial charge in [-0.25, -0.2) is 0 Å². The molecule has 0 aliphatic heterocycles. The summed E-state index contributed by atoms with van der Waals surface area (Å²) in [6.45, 7) is 14.9. The van der Waals surface area contributed by atoms with Gasteiger partial charge in [-0.05, 0) is 28.4 Å². The summed E-state index contributed by atoms with van der Waals surface area (Å²) in [5.41, 5.74) is 2.03. The number of unbranched alkanes of at least 4 members (excludes halogenated alkanes) is 5. The van der Waals surface area contributed by atoms with Gasteiger partial charge in [-0.2, -0.15) is 12.6 Å². The Morgan fingerprint density at radius 1 is 0.966 bits per heavy atom. The Balaban J connectivity index is 0.000000543. The fraction of sp³-hybridized carbons (Fsp3) is 0.720. The molecule has 0 radical (unpaired) electrons. The number of rotatable bonds is 8. The van der Waals surface area contributed by atoms with Crippen molar-refractivity contribution in [2.45, 2.75) is 109 Å². The van der Waals surface area contributed by atoms with E-state index in [9.17, 15) is 9.90 Å². The molecule has 0 aliphatic rings. The lowest BCUT2D eigenvalue weighted by Crippen LogP contribution is -2.16. The molecule has 0 heterocycles. The van der Waals surface area contributed by atoms with Crippen molar-refractivity contribution in [1.29, 1.82) is 0 Å². The predicted molar refractivity (Wildman–Crippen MR) is 128 cm³/mol. The van der Waals surface area contributed by atoms with Crippen LogP contribution >= 0.6 is 12.6 Å². The number of ether oxygens (including phenoxy) is 1. The van der Waals surface area contributed by atoms with Gasteiger partial charge in [0.15, 0.2) is 0 Å². The Labute approximate surface area is 185 Å². The molecule has 0 fully saturated rings. The minimum absolute atomic E-state index is 0.00859. The number of phenolic OH excluding ortho intramolecular Hbond substituents is 1. The molecular formula is C25H44O3S. The van der Waals surface area contributed by atoms with E-state index in [2.05, 4.69) is 65.8 Å². The van der Waals surface area contributed by atoms with E-state index in [1.165, 1.54) is 39.2 Å². The maximum Gasteiger partial charge on any atom is 0.318 e. The molecule has 1 aromatic carbocycles. The first-order valence-corrected chi connectivity index (χ1v) is 11.5. The largest absolute Gasteiger partial charge is 0.507 e. The van der Waals surface area contributed by atoms with Crippen molar-refractivity contribution in [3.05, 3.63) is 29.3 Å². The van der Waals surface area contributed by atoms with Crippen LogP contribution in [0.2, 0.25) is 0 Å². The van der Waals surface area contributed by atoms with Gasteiger partial charge in [-0.3, -0.25) is 4.79 Å². The number of thiol groups is 1. The molecule has 29 heavy (non-hydrogen) atoms. The number of methoxy groups -OCH3 is 1. The Hall–Kier alpha value is -1.16. The number of para-hydroxylation sites is 1. The molecule has 1 N–H and O–H groups in total. The van der Waals surface area contributed by atoms with E-state index >= 15 is 0 Å². The third-order valence-electron chi connectivity index (χ3n) is 4.96. The first-order valence-electron chi connectivity index (χ1n) is 10.9. The molecule has 1 aromatic rings. The number of carbonyl (C=O) groups is 1. The summed E-state index contributed by atoms with van der Waals surface area (Å²) < 4.78 is 4.59. The normalized spacial score (nSPS) is 12.7. The van der Waals surface area contributed by atoms with Gasteiger partial charge in [0.2, 0.25) is 0 Å². The SMILES string of the molecule is CC(C)(C)c1cccc(C(C)(C)C)c1O.CCCCCCCCC(S)C(=O)OC. The number of hydrogen-bond donors (Lipinski definition) is 2. The van der Waals surface area contributed by atoms with Gasteiger partial charge >= 0.3 is 5.97 Å². The molecule has 0 aromatic heterocycles. The first kappa shape index (κ1) is 27.8. The second-order valence-electron chi connectivity index (χ2n) is 9.80. The molecule has 1 atom stereocenters. The lowest BCUT2D eigenvalue weighted by molar-refractivity contribution is -0.140. The zero-order valence-electron chi connectivity index (χ0n) is 20.0. The summed E-state index contributed by atoms with van der Waals surface area (Å²) in [4.78, 5) is 11.0. The maximum absolute atomic E-state index is 11.0. The van der Waals surface area contributed by atoms with E-state index in [0.29, 0.717) is 5.75 Å². The molecule has 4 heteroatoms. The predicted octanol–water partition coefficient (Wildman–Crippen LogP) is 7.20. The minimum atomic E-state index is -0.230. The van der Waals surface area contributed by atoms with Gasteiger partial charge in [-0.1, -0.05) is 105 Å². The van der Waals surface area contributed by atoms with Crippen molar-refractivity contribution in [1.82, 2.24) is 0 Å². The fourth-order valence-corrected chi connectivity index (χ4v) is 3.41. The fourth-order valence-electron chi connectivity index (χ4n) is 3.13. The molecule has 1 unspecified atom stereocenters. The van der Waals surface area contributed by atoms with Crippen molar-refractivity contribution < 1.29 is 14.6 Å². The van der Waals surface area contributed by atoms with Gasteiger partial charge < -0.3 is 9.84 Å². The molecule has 0 bridgehead atoms. The second kappa shape index (κ2) is 13.2. The quantitative estimate of drug-likeness (QED) is 0.263. The lowest BCUT2D eigenvalue weighted by Gasteiger charge is -2.26. The molecule has 0 saturated heterocycles. The molecule has 0 aliphatic carbocycles. The van der Waals surface area contributed by atoms with Crippen molar-refractivity contribution in [3.63, 3.8) is 0 Å². The van der Waals surface area contributed by atoms with Crippen LogP contribution in [0.1, 0.15) is 105 Å². The summed E-state index contributed by atoms with van der Waals surface area (Å²) in [5.74, 6) is 0.249. The van der Waals surface area contributed by atoms with Crippen molar-refractivity contribution in [3.8, 4) is 5.75 Å². The summed E-state index contributed by atoms with van der Waals surface area (Å²) in [6.07, 6.45) is 8.29. The Bertz CT molecular complexity index is 565. The number of esters is 1. The van der Waals surface area contributed by atoms with E-state index in [0.717, 1.165) is 24.0 Å². The highest BCUT2D eigenvalue weighted by Crippen LogP contribution is 2.38. The average molecular weight is 425 g/mol.